The quantitative estimate of drug-likeness (QED) is 0.684. The second kappa shape index (κ2) is 7.51. The summed E-state index contributed by atoms with van der Waals surface area (Å²) < 4.78 is 5.58. The number of fused-ring (bicyclic) bond motifs is 1. The number of benzene rings is 1. The van der Waals surface area contributed by atoms with Crippen LogP contribution in [0, 0.1) is 0 Å². The van der Waals surface area contributed by atoms with Crippen molar-refractivity contribution in [3.63, 3.8) is 0 Å². The molecule has 6 heteroatoms. The maximum absolute atomic E-state index is 12.2. The fourth-order valence-corrected chi connectivity index (χ4v) is 2.81. The van der Waals surface area contributed by atoms with Crippen molar-refractivity contribution < 1.29 is 9.21 Å². The van der Waals surface area contributed by atoms with E-state index in [1.54, 1.807) is 0 Å². The fourth-order valence-electron chi connectivity index (χ4n) is 2.81. The molecule has 25 heavy (non-hydrogen) atoms. The van der Waals surface area contributed by atoms with Crippen molar-refractivity contribution in [3.8, 4) is 0 Å². The van der Waals surface area contributed by atoms with Crippen molar-refractivity contribution in [1.29, 1.82) is 0 Å². The minimum Gasteiger partial charge on any atom is -0.423 e. The van der Waals surface area contributed by atoms with Crippen LogP contribution in [0.5, 0.6) is 0 Å². The number of hydrogen-bond acceptors (Lipinski definition) is 4. The molecule has 0 aliphatic heterocycles. The van der Waals surface area contributed by atoms with Gasteiger partial charge in [0.1, 0.15) is 6.04 Å². The van der Waals surface area contributed by atoms with E-state index in [-0.39, 0.29) is 17.9 Å². The average molecular weight is 340 g/mol. The van der Waals surface area contributed by atoms with Gasteiger partial charge in [-0.25, -0.2) is 0 Å². The minimum absolute atomic E-state index is 0.00311. The first kappa shape index (κ1) is 17.2. The first-order chi connectivity index (χ1) is 12.0. The van der Waals surface area contributed by atoms with Crippen LogP contribution in [0.3, 0.4) is 0 Å². The number of para-hydroxylation sites is 1. The van der Waals surface area contributed by atoms with E-state index < -0.39 is 0 Å². The molecule has 0 aliphatic carbocycles. The monoisotopic (exact) mass is 340 g/mol. The highest BCUT2D eigenvalue weighted by molar-refractivity contribution is 5.83. The van der Waals surface area contributed by atoms with E-state index in [1.807, 2.05) is 39.1 Å². The molecule has 1 aromatic carbocycles. The number of aromatic amines is 1. The Morgan fingerprint density at radius 2 is 1.96 bits per heavy atom. The lowest BCUT2D eigenvalue weighted by molar-refractivity contribution is -0.122. The highest BCUT2D eigenvalue weighted by Gasteiger charge is 2.17. The molecule has 132 valence electrons. The van der Waals surface area contributed by atoms with Gasteiger partial charge in [0.2, 0.25) is 17.7 Å². The summed E-state index contributed by atoms with van der Waals surface area (Å²) in [5.41, 5.74) is 2.38. The lowest BCUT2D eigenvalue weighted by Crippen LogP contribution is -2.26. The zero-order valence-corrected chi connectivity index (χ0v) is 14.9. The first-order valence-corrected chi connectivity index (χ1v) is 8.72. The van der Waals surface area contributed by atoms with E-state index in [0.717, 1.165) is 18.4 Å². The minimum atomic E-state index is -0.277. The summed E-state index contributed by atoms with van der Waals surface area (Å²) in [4.78, 5) is 15.4. The number of nitrogens with one attached hydrogen (secondary N) is 2. The molecule has 0 spiro atoms. The van der Waals surface area contributed by atoms with Crippen molar-refractivity contribution in [3.05, 3.63) is 47.8 Å². The van der Waals surface area contributed by atoms with Gasteiger partial charge in [0, 0.05) is 29.4 Å². The first-order valence-electron chi connectivity index (χ1n) is 8.72. The number of hydrogen-bond donors (Lipinski definition) is 2. The molecular formula is C19H24N4O2. The van der Waals surface area contributed by atoms with Gasteiger partial charge in [-0.3, -0.25) is 4.79 Å². The van der Waals surface area contributed by atoms with Gasteiger partial charge in [0.15, 0.2) is 0 Å². The number of nitrogens with zero attached hydrogens (tertiary/aromatic N) is 2. The Bertz CT molecular complexity index is 850. The number of aromatic nitrogens is 3. The molecule has 0 aliphatic rings. The number of carbonyl (C=O) groups excluding carboxylic acids is 1. The predicted molar refractivity (Wildman–Crippen MR) is 96.2 cm³/mol. The molecule has 0 radical (unpaired) electrons. The molecule has 3 rings (SSSR count). The van der Waals surface area contributed by atoms with Gasteiger partial charge in [-0.05, 0) is 31.4 Å². The van der Waals surface area contributed by atoms with Gasteiger partial charge in [0.05, 0.1) is 0 Å². The lowest BCUT2D eigenvalue weighted by atomic mass is 10.1. The maximum Gasteiger partial charge on any atom is 0.238 e. The van der Waals surface area contributed by atoms with E-state index in [4.69, 9.17) is 4.42 Å². The lowest BCUT2D eigenvalue weighted by Gasteiger charge is -2.09. The van der Waals surface area contributed by atoms with E-state index >= 15 is 0 Å². The Kier molecular flexibility index (Phi) is 5.16. The summed E-state index contributed by atoms with van der Waals surface area (Å²) in [6.07, 6.45) is 4.15. The molecule has 2 aromatic heterocycles. The second-order valence-electron chi connectivity index (χ2n) is 6.64. The fraction of sp³-hybridized carbons (Fsp3) is 0.421. The molecule has 0 fully saturated rings. The average Bonchev–Trinajstić information content (AvgIpc) is 3.22. The van der Waals surface area contributed by atoms with Crippen LogP contribution in [-0.4, -0.2) is 21.1 Å². The molecule has 2 heterocycles. The maximum atomic E-state index is 12.2. The van der Waals surface area contributed by atoms with E-state index in [1.165, 1.54) is 10.9 Å². The molecule has 1 amide bonds. The Labute approximate surface area is 147 Å². The molecule has 0 saturated heterocycles. The highest BCUT2D eigenvalue weighted by Crippen LogP contribution is 2.20. The van der Waals surface area contributed by atoms with Crippen LogP contribution in [0.1, 0.15) is 62.9 Å². The van der Waals surface area contributed by atoms with Crippen LogP contribution in [0.15, 0.2) is 34.9 Å². The van der Waals surface area contributed by atoms with Crippen LogP contribution in [-0.2, 0) is 11.2 Å². The topological polar surface area (TPSA) is 83.8 Å². The van der Waals surface area contributed by atoms with Crippen LogP contribution in [0.2, 0.25) is 0 Å². The predicted octanol–water partition coefficient (Wildman–Crippen LogP) is 3.87. The zero-order valence-electron chi connectivity index (χ0n) is 14.9. The zero-order chi connectivity index (χ0) is 17.8. The number of rotatable bonds is 7. The van der Waals surface area contributed by atoms with Crippen molar-refractivity contribution in [1.82, 2.24) is 20.5 Å². The third kappa shape index (κ3) is 4.07. The van der Waals surface area contributed by atoms with Crippen molar-refractivity contribution >= 4 is 16.8 Å². The van der Waals surface area contributed by atoms with E-state index in [0.29, 0.717) is 18.2 Å². The summed E-state index contributed by atoms with van der Waals surface area (Å²) in [7, 11) is 0. The highest BCUT2D eigenvalue weighted by atomic mass is 16.4. The third-order valence-corrected chi connectivity index (χ3v) is 4.22. The molecule has 2 N–H and O–H groups in total. The van der Waals surface area contributed by atoms with Crippen molar-refractivity contribution in [2.24, 2.45) is 0 Å². The molecular weight excluding hydrogens is 316 g/mol. The smallest absolute Gasteiger partial charge is 0.238 e. The molecule has 0 unspecified atom stereocenters. The largest absolute Gasteiger partial charge is 0.423 e. The number of H-pyrrole nitrogens is 1. The summed E-state index contributed by atoms with van der Waals surface area (Å²) in [6, 6.07) is 7.93. The normalized spacial score (nSPS) is 12.6. The number of carbonyl (C=O) groups is 1. The third-order valence-electron chi connectivity index (χ3n) is 4.22. The Hall–Kier alpha value is -2.63. The van der Waals surface area contributed by atoms with Crippen LogP contribution >= 0.6 is 0 Å². The molecule has 0 bridgehead atoms. The van der Waals surface area contributed by atoms with Crippen LogP contribution < -0.4 is 5.32 Å². The number of amides is 1. The molecule has 1 atom stereocenters. The number of aryl methyl sites for hydroxylation is 1. The second-order valence-corrected chi connectivity index (χ2v) is 6.64. The van der Waals surface area contributed by atoms with Gasteiger partial charge < -0.3 is 14.7 Å². The molecule has 0 saturated carbocycles. The van der Waals surface area contributed by atoms with Crippen molar-refractivity contribution in [2.75, 3.05) is 0 Å². The van der Waals surface area contributed by atoms with Gasteiger partial charge in [0.25, 0.3) is 0 Å². The van der Waals surface area contributed by atoms with E-state index in [9.17, 15) is 4.79 Å². The molecule has 6 nitrogen and oxygen atoms in total. The van der Waals surface area contributed by atoms with Crippen LogP contribution in [0.4, 0.5) is 0 Å². The van der Waals surface area contributed by atoms with Gasteiger partial charge in [-0.1, -0.05) is 32.0 Å². The van der Waals surface area contributed by atoms with Crippen molar-refractivity contribution in [2.45, 2.75) is 52.0 Å². The standard InChI is InChI=1S/C19H24N4O2/c1-12(2)18-22-23-19(25-18)13(3)21-17(24)10-6-7-14-11-20-16-9-5-4-8-15(14)16/h4-5,8-9,11-13,20H,6-7,10H2,1-3H3,(H,21,24)/t13-/m0/s1. The summed E-state index contributed by atoms with van der Waals surface area (Å²) in [5.74, 6) is 1.22. The van der Waals surface area contributed by atoms with Gasteiger partial charge >= 0.3 is 0 Å². The summed E-state index contributed by atoms with van der Waals surface area (Å²) >= 11 is 0. The SMILES string of the molecule is CC(C)c1nnc([C@H](C)NC(=O)CCCc2c[nH]c3ccccc23)o1. The Balaban J connectivity index is 1.49. The Morgan fingerprint density at radius 3 is 2.72 bits per heavy atom. The molecule has 3 aromatic rings. The summed E-state index contributed by atoms with van der Waals surface area (Å²) in [6.45, 7) is 5.84. The van der Waals surface area contributed by atoms with Gasteiger partial charge in [-0.2, -0.15) is 0 Å². The Morgan fingerprint density at radius 1 is 1.20 bits per heavy atom. The van der Waals surface area contributed by atoms with Crippen LogP contribution in [0.25, 0.3) is 10.9 Å². The van der Waals surface area contributed by atoms with E-state index in [2.05, 4.69) is 32.6 Å². The summed E-state index contributed by atoms with van der Waals surface area (Å²) in [5, 5.41) is 12.2. The van der Waals surface area contributed by atoms with Gasteiger partial charge in [-0.15, -0.1) is 10.2 Å².